The number of sulfonamides is 1. The Labute approximate surface area is 156 Å². The molecule has 2 rings (SSSR count). The SMILES string of the molecule is Cc1ccc(NC(=O)[C@H](C)OC(=O)CNS(=O)(=O)c2cccc(F)c2)cc1. The Morgan fingerprint density at radius 3 is 2.44 bits per heavy atom. The minimum atomic E-state index is -4.08. The van der Waals surface area contributed by atoms with Gasteiger partial charge >= 0.3 is 5.97 Å². The number of carbonyl (C=O) groups excluding carboxylic acids is 2. The van der Waals surface area contributed by atoms with Gasteiger partial charge in [0.15, 0.2) is 6.10 Å². The first-order valence-corrected chi connectivity index (χ1v) is 9.48. The molecular weight excluding hydrogens is 375 g/mol. The fourth-order valence-electron chi connectivity index (χ4n) is 2.04. The maximum absolute atomic E-state index is 13.1. The van der Waals surface area contributed by atoms with E-state index >= 15 is 0 Å². The van der Waals surface area contributed by atoms with Crippen LogP contribution >= 0.6 is 0 Å². The summed E-state index contributed by atoms with van der Waals surface area (Å²) >= 11 is 0. The van der Waals surface area contributed by atoms with Crippen molar-refractivity contribution in [1.82, 2.24) is 4.72 Å². The fraction of sp³-hybridized carbons (Fsp3) is 0.222. The lowest BCUT2D eigenvalue weighted by Gasteiger charge is -2.14. The van der Waals surface area contributed by atoms with E-state index in [1.54, 1.807) is 12.1 Å². The van der Waals surface area contributed by atoms with Crippen molar-refractivity contribution in [3.8, 4) is 0 Å². The Bertz CT molecular complexity index is 929. The topological polar surface area (TPSA) is 102 Å². The lowest BCUT2D eigenvalue weighted by molar-refractivity contribution is -0.151. The molecule has 9 heteroatoms. The second kappa shape index (κ2) is 8.74. The molecule has 27 heavy (non-hydrogen) atoms. The summed E-state index contributed by atoms with van der Waals surface area (Å²) in [5, 5.41) is 2.58. The van der Waals surface area contributed by atoms with Gasteiger partial charge in [-0.25, -0.2) is 12.8 Å². The van der Waals surface area contributed by atoms with Crippen molar-refractivity contribution in [2.75, 3.05) is 11.9 Å². The second-order valence-electron chi connectivity index (χ2n) is 5.77. The molecule has 1 amide bonds. The fourth-order valence-corrected chi connectivity index (χ4v) is 3.04. The van der Waals surface area contributed by atoms with Crippen LogP contribution in [0.5, 0.6) is 0 Å². The van der Waals surface area contributed by atoms with Gasteiger partial charge in [0.05, 0.1) is 4.90 Å². The van der Waals surface area contributed by atoms with Gasteiger partial charge in [0.1, 0.15) is 12.4 Å². The summed E-state index contributed by atoms with van der Waals surface area (Å²) in [4.78, 5) is 23.5. The second-order valence-corrected chi connectivity index (χ2v) is 7.54. The molecule has 144 valence electrons. The summed E-state index contributed by atoms with van der Waals surface area (Å²) in [6, 6.07) is 11.4. The molecule has 0 aliphatic heterocycles. The Morgan fingerprint density at radius 1 is 1.15 bits per heavy atom. The van der Waals surface area contributed by atoms with Gasteiger partial charge in [0.25, 0.3) is 5.91 Å². The number of anilines is 1. The Hall–Kier alpha value is -2.78. The normalized spacial score (nSPS) is 12.3. The Kier molecular flexibility index (Phi) is 6.65. The number of hydrogen-bond acceptors (Lipinski definition) is 5. The number of halogens is 1. The molecular formula is C18H19FN2O5S. The van der Waals surface area contributed by atoms with E-state index in [-0.39, 0.29) is 4.90 Å². The molecule has 0 fully saturated rings. The molecule has 7 nitrogen and oxygen atoms in total. The van der Waals surface area contributed by atoms with Gasteiger partial charge in [-0.2, -0.15) is 4.72 Å². The van der Waals surface area contributed by atoms with Crippen LogP contribution in [-0.4, -0.2) is 32.9 Å². The average molecular weight is 394 g/mol. The van der Waals surface area contributed by atoms with Crippen LogP contribution in [0.4, 0.5) is 10.1 Å². The molecule has 2 aromatic carbocycles. The summed E-state index contributed by atoms with van der Waals surface area (Å²) in [7, 11) is -4.08. The summed E-state index contributed by atoms with van der Waals surface area (Å²) < 4.78 is 44.1. The first-order valence-electron chi connectivity index (χ1n) is 7.99. The number of carbonyl (C=O) groups is 2. The molecule has 0 heterocycles. The van der Waals surface area contributed by atoms with Crippen molar-refractivity contribution < 1.29 is 27.1 Å². The molecule has 0 aliphatic carbocycles. The maximum atomic E-state index is 13.1. The highest BCUT2D eigenvalue weighted by Crippen LogP contribution is 2.11. The minimum Gasteiger partial charge on any atom is -0.452 e. The summed E-state index contributed by atoms with van der Waals surface area (Å²) in [5.74, 6) is -2.22. The largest absolute Gasteiger partial charge is 0.452 e. The molecule has 0 unspecified atom stereocenters. The summed E-state index contributed by atoms with van der Waals surface area (Å²) in [6.45, 7) is 2.57. The Morgan fingerprint density at radius 2 is 1.81 bits per heavy atom. The number of ether oxygens (including phenoxy) is 1. The van der Waals surface area contributed by atoms with Crippen LogP contribution in [0.1, 0.15) is 12.5 Å². The molecule has 1 atom stereocenters. The van der Waals surface area contributed by atoms with Gasteiger partial charge in [0, 0.05) is 5.69 Å². The lowest BCUT2D eigenvalue weighted by atomic mass is 10.2. The van der Waals surface area contributed by atoms with Crippen LogP contribution in [0.3, 0.4) is 0 Å². The number of esters is 1. The third kappa shape index (κ3) is 6.15. The van der Waals surface area contributed by atoms with Crippen molar-refractivity contribution >= 4 is 27.6 Å². The zero-order valence-corrected chi connectivity index (χ0v) is 15.5. The quantitative estimate of drug-likeness (QED) is 0.700. The van der Waals surface area contributed by atoms with Gasteiger partial charge in [-0.3, -0.25) is 9.59 Å². The predicted octanol–water partition coefficient (Wildman–Crippen LogP) is 1.98. The molecule has 2 N–H and O–H groups in total. The number of rotatable bonds is 7. The molecule has 0 saturated carbocycles. The van der Waals surface area contributed by atoms with Crippen LogP contribution in [0.25, 0.3) is 0 Å². The standard InChI is InChI=1S/C18H19FN2O5S/c1-12-6-8-15(9-7-12)21-18(23)13(2)26-17(22)11-20-27(24,25)16-5-3-4-14(19)10-16/h3-10,13,20H,11H2,1-2H3,(H,21,23)/t13-/m0/s1. The average Bonchev–Trinajstić information content (AvgIpc) is 2.62. The van der Waals surface area contributed by atoms with Gasteiger partial charge < -0.3 is 10.1 Å². The molecule has 0 saturated heterocycles. The van der Waals surface area contributed by atoms with Crippen molar-refractivity contribution in [3.05, 3.63) is 59.9 Å². The predicted molar refractivity (Wildman–Crippen MR) is 97.0 cm³/mol. The van der Waals surface area contributed by atoms with Gasteiger partial charge in [-0.05, 0) is 44.2 Å². The van der Waals surface area contributed by atoms with E-state index in [9.17, 15) is 22.4 Å². The van der Waals surface area contributed by atoms with Crippen LogP contribution in [-0.2, 0) is 24.3 Å². The molecule has 0 spiro atoms. The van der Waals surface area contributed by atoms with Crippen LogP contribution in [0, 0.1) is 12.7 Å². The highest BCUT2D eigenvalue weighted by Gasteiger charge is 2.21. The van der Waals surface area contributed by atoms with E-state index in [2.05, 4.69) is 5.32 Å². The third-order valence-corrected chi connectivity index (χ3v) is 4.91. The molecule has 0 radical (unpaired) electrons. The molecule has 0 bridgehead atoms. The zero-order valence-electron chi connectivity index (χ0n) is 14.7. The van der Waals surface area contributed by atoms with E-state index in [1.807, 2.05) is 23.8 Å². The van der Waals surface area contributed by atoms with Crippen LogP contribution in [0.2, 0.25) is 0 Å². The number of aryl methyl sites for hydroxylation is 1. The number of nitrogens with one attached hydrogen (secondary N) is 2. The van der Waals surface area contributed by atoms with E-state index in [0.29, 0.717) is 5.69 Å². The maximum Gasteiger partial charge on any atom is 0.321 e. The summed E-state index contributed by atoms with van der Waals surface area (Å²) in [5.41, 5.74) is 1.57. The monoisotopic (exact) mass is 394 g/mol. The smallest absolute Gasteiger partial charge is 0.321 e. The van der Waals surface area contributed by atoms with E-state index < -0.39 is 40.4 Å². The van der Waals surface area contributed by atoms with Crippen LogP contribution in [0.15, 0.2) is 53.4 Å². The molecule has 0 aromatic heterocycles. The number of benzene rings is 2. The Balaban J connectivity index is 1.87. The third-order valence-electron chi connectivity index (χ3n) is 3.51. The summed E-state index contributed by atoms with van der Waals surface area (Å²) in [6.07, 6.45) is -1.13. The van der Waals surface area contributed by atoms with Crippen molar-refractivity contribution in [2.45, 2.75) is 24.8 Å². The van der Waals surface area contributed by atoms with Gasteiger partial charge in [-0.1, -0.05) is 23.8 Å². The van der Waals surface area contributed by atoms with E-state index in [1.165, 1.54) is 19.1 Å². The van der Waals surface area contributed by atoms with Crippen LogP contribution < -0.4 is 10.0 Å². The highest BCUT2D eigenvalue weighted by atomic mass is 32.2. The van der Waals surface area contributed by atoms with Gasteiger partial charge in [-0.15, -0.1) is 0 Å². The van der Waals surface area contributed by atoms with Gasteiger partial charge in [0.2, 0.25) is 10.0 Å². The first kappa shape index (κ1) is 20.5. The first-order chi connectivity index (χ1) is 12.7. The van der Waals surface area contributed by atoms with E-state index in [4.69, 9.17) is 4.74 Å². The minimum absolute atomic E-state index is 0.319. The number of amides is 1. The van der Waals surface area contributed by atoms with Crippen molar-refractivity contribution in [2.24, 2.45) is 0 Å². The van der Waals surface area contributed by atoms with E-state index in [0.717, 1.165) is 17.7 Å². The van der Waals surface area contributed by atoms with Crippen molar-refractivity contribution in [3.63, 3.8) is 0 Å². The number of hydrogen-bond donors (Lipinski definition) is 2. The zero-order chi connectivity index (χ0) is 20.0. The highest BCUT2D eigenvalue weighted by molar-refractivity contribution is 7.89. The van der Waals surface area contributed by atoms with Crippen molar-refractivity contribution in [1.29, 1.82) is 0 Å². The lowest BCUT2D eigenvalue weighted by Crippen LogP contribution is -2.35. The molecule has 0 aliphatic rings. The molecule has 2 aromatic rings.